The summed E-state index contributed by atoms with van der Waals surface area (Å²) in [6.45, 7) is 13.0. The molecule has 31 heavy (non-hydrogen) atoms. The minimum atomic E-state index is -1.10. The Kier molecular flexibility index (Phi) is 5.16. The van der Waals surface area contributed by atoms with Gasteiger partial charge >= 0.3 is 0 Å². The molecule has 1 aliphatic carbocycles. The third kappa shape index (κ3) is 3.84. The van der Waals surface area contributed by atoms with Crippen LogP contribution in [0, 0.1) is 10.8 Å². The number of ketones is 1. The number of allylic oxidation sites excluding steroid dienone is 2. The topological polar surface area (TPSA) is 70.9 Å². The molecule has 6 heteroatoms. The smallest absolute Gasteiger partial charge is 0.162 e. The molecule has 3 atom stereocenters. The van der Waals surface area contributed by atoms with Gasteiger partial charge in [-0.1, -0.05) is 46.8 Å². The van der Waals surface area contributed by atoms with E-state index in [1.165, 1.54) is 0 Å². The maximum Gasteiger partial charge on any atom is 0.162 e. The van der Waals surface area contributed by atoms with Crippen molar-refractivity contribution in [3.05, 3.63) is 52.5 Å². The van der Waals surface area contributed by atoms with Crippen LogP contribution in [0.3, 0.4) is 0 Å². The van der Waals surface area contributed by atoms with E-state index in [9.17, 15) is 9.00 Å². The summed E-state index contributed by atoms with van der Waals surface area (Å²) in [4.78, 5) is 14.4. The summed E-state index contributed by atoms with van der Waals surface area (Å²) in [5.41, 5.74) is 3.14. The third-order valence-electron chi connectivity index (χ3n) is 6.62. The first-order valence-electron chi connectivity index (χ1n) is 11.0. The summed E-state index contributed by atoms with van der Waals surface area (Å²) >= 11 is 0. The van der Waals surface area contributed by atoms with Crippen molar-refractivity contribution >= 4 is 16.6 Å². The Hall–Kier alpha value is -2.08. The van der Waals surface area contributed by atoms with E-state index in [1.54, 1.807) is 6.26 Å². The Labute approximate surface area is 188 Å². The molecule has 5 nitrogen and oxygen atoms in total. The maximum atomic E-state index is 13.6. The van der Waals surface area contributed by atoms with Gasteiger partial charge in [-0.3, -0.25) is 9.00 Å². The normalized spacial score (nSPS) is 28.4. The molecule has 0 saturated carbocycles. The fourth-order valence-electron chi connectivity index (χ4n) is 5.35. The summed E-state index contributed by atoms with van der Waals surface area (Å²) < 4.78 is 12.3. The van der Waals surface area contributed by atoms with Gasteiger partial charge in [0, 0.05) is 50.6 Å². The number of carbonyl (C=O) groups excluding carboxylic acids is 1. The van der Waals surface area contributed by atoms with Crippen LogP contribution < -0.4 is 5.32 Å². The number of nitrogens with zero attached hydrogens (tertiary/aromatic N) is 2. The van der Waals surface area contributed by atoms with Gasteiger partial charge in [0.05, 0.1) is 6.04 Å². The van der Waals surface area contributed by atoms with E-state index in [0.29, 0.717) is 6.42 Å². The van der Waals surface area contributed by atoms with Gasteiger partial charge in [-0.15, -0.1) is 5.11 Å². The lowest BCUT2D eigenvalue weighted by atomic mass is 9.60. The molecule has 1 aromatic rings. The van der Waals surface area contributed by atoms with Gasteiger partial charge in [0.1, 0.15) is 0 Å². The lowest BCUT2D eigenvalue weighted by Gasteiger charge is -2.45. The van der Waals surface area contributed by atoms with Crippen molar-refractivity contribution < 1.29 is 9.00 Å². The lowest BCUT2D eigenvalue weighted by molar-refractivity contribution is -0.118. The second-order valence-corrected chi connectivity index (χ2v) is 12.7. The molecule has 1 aromatic carbocycles. The molecule has 2 aliphatic heterocycles. The first-order valence-corrected chi connectivity index (χ1v) is 12.5. The summed E-state index contributed by atoms with van der Waals surface area (Å²) in [7, 11) is -1.10. The van der Waals surface area contributed by atoms with Gasteiger partial charge in [0.15, 0.2) is 11.6 Å². The standard InChI is InChI=1S/C25H33N3O2S/c1-23(2,3)12-18-21-22(28-27-18)26-17-13-24(4,5)14-19(29)20(17)25(21,6)15-9-8-10-16(11-15)31(7)30/h8-11,18,26H,12-14H2,1-7H3/t18?,25-,31+/m0/s1. The van der Waals surface area contributed by atoms with Crippen molar-refractivity contribution in [2.24, 2.45) is 21.1 Å². The van der Waals surface area contributed by atoms with Crippen LogP contribution >= 0.6 is 0 Å². The van der Waals surface area contributed by atoms with Crippen molar-refractivity contribution in [1.29, 1.82) is 0 Å². The summed E-state index contributed by atoms with van der Waals surface area (Å²) in [6, 6.07) is 7.78. The molecule has 1 unspecified atom stereocenters. The van der Waals surface area contributed by atoms with E-state index in [-0.39, 0.29) is 22.7 Å². The highest BCUT2D eigenvalue weighted by Gasteiger charge is 2.52. The van der Waals surface area contributed by atoms with Crippen molar-refractivity contribution in [2.45, 2.75) is 77.2 Å². The van der Waals surface area contributed by atoms with Gasteiger partial charge < -0.3 is 5.32 Å². The highest BCUT2D eigenvalue weighted by atomic mass is 32.2. The molecule has 0 fully saturated rings. The molecule has 166 valence electrons. The Balaban J connectivity index is 1.94. The largest absolute Gasteiger partial charge is 0.342 e. The van der Waals surface area contributed by atoms with E-state index >= 15 is 0 Å². The zero-order valence-electron chi connectivity index (χ0n) is 19.6. The van der Waals surface area contributed by atoms with E-state index in [0.717, 1.165) is 46.0 Å². The Morgan fingerprint density at radius 2 is 1.90 bits per heavy atom. The number of dihydropyridines is 1. The molecule has 2 heterocycles. The second kappa shape index (κ2) is 7.22. The highest BCUT2D eigenvalue weighted by molar-refractivity contribution is 7.84. The average molecular weight is 440 g/mol. The molecule has 0 amide bonds. The Morgan fingerprint density at radius 1 is 1.19 bits per heavy atom. The molecule has 1 N–H and O–H groups in total. The predicted octanol–water partition coefficient (Wildman–Crippen LogP) is 5.41. The van der Waals surface area contributed by atoms with Crippen molar-refractivity contribution in [1.82, 2.24) is 5.32 Å². The highest BCUT2D eigenvalue weighted by Crippen LogP contribution is 2.54. The maximum absolute atomic E-state index is 13.6. The number of hydrogen-bond acceptors (Lipinski definition) is 5. The SMILES string of the molecule is C[S@@](=O)c1cccc([C@@]2(C)C3=C(CC(C)(C)CC3=O)NC3=C2C(CC(C)(C)C)N=N3)c1. The zero-order valence-corrected chi connectivity index (χ0v) is 20.4. The quantitative estimate of drug-likeness (QED) is 0.684. The van der Waals surface area contributed by atoms with Crippen LogP contribution in [0.2, 0.25) is 0 Å². The molecule has 0 aromatic heterocycles. The third-order valence-corrected chi connectivity index (χ3v) is 7.54. The molecule has 4 rings (SSSR count). The lowest BCUT2D eigenvalue weighted by Crippen LogP contribution is -2.46. The average Bonchev–Trinajstić information content (AvgIpc) is 3.01. The van der Waals surface area contributed by atoms with Crippen LogP contribution in [0.25, 0.3) is 0 Å². The van der Waals surface area contributed by atoms with Crippen LogP contribution in [-0.2, 0) is 21.0 Å². The van der Waals surface area contributed by atoms with Crippen LogP contribution in [-0.4, -0.2) is 22.3 Å². The Morgan fingerprint density at radius 3 is 2.55 bits per heavy atom. The van der Waals surface area contributed by atoms with Gasteiger partial charge in [-0.25, -0.2) is 0 Å². The van der Waals surface area contributed by atoms with Crippen LogP contribution in [0.4, 0.5) is 0 Å². The minimum absolute atomic E-state index is 0.0625. The van der Waals surface area contributed by atoms with Crippen molar-refractivity contribution in [3.63, 3.8) is 0 Å². The van der Waals surface area contributed by atoms with E-state index in [1.807, 2.05) is 18.2 Å². The second-order valence-electron chi connectivity index (χ2n) is 11.3. The van der Waals surface area contributed by atoms with Crippen molar-refractivity contribution in [2.75, 3.05) is 6.26 Å². The van der Waals surface area contributed by atoms with E-state index < -0.39 is 16.2 Å². The number of Topliss-reactive ketones (excluding diaryl/α,β-unsaturated/α-hetero) is 1. The summed E-state index contributed by atoms with van der Waals surface area (Å²) in [5, 5.41) is 12.7. The molecule has 3 aliphatic rings. The molecule has 0 bridgehead atoms. The zero-order chi connectivity index (χ0) is 22.8. The fourth-order valence-corrected chi connectivity index (χ4v) is 5.92. The van der Waals surface area contributed by atoms with Gasteiger partial charge in [0.25, 0.3) is 0 Å². The molecule has 0 saturated heterocycles. The van der Waals surface area contributed by atoms with E-state index in [4.69, 9.17) is 0 Å². The number of benzene rings is 1. The Bertz CT molecular complexity index is 1070. The molecule has 0 spiro atoms. The minimum Gasteiger partial charge on any atom is -0.342 e. The van der Waals surface area contributed by atoms with Gasteiger partial charge in [0.2, 0.25) is 0 Å². The van der Waals surface area contributed by atoms with Crippen LogP contribution in [0.1, 0.15) is 66.4 Å². The monoisotopic (exact) mass is 439 g/mol. The summed E-state index contributed by atoms with van der Waals surface area (Å²) in [6.07, 6.45) is 3.84. The number of carbonyl (C=O) groups is 1. The van der Waals surface area contributed by atoms with Crippen LogP contribution in [0.15, 0.2) is 62.1 Å². The number of azo groups is 1. The number of hydrogen-bond donors (Lipinski definition) is 1. The fraction of sp³-hybridized carbons (Fsp3) is 0.560. The van der Waals surface area contributed by atoms with Crippen molar-refractivity contribution in [3.8, 4) is 0 Å². The van der Waals surface area contributed by atoms with Gasteiger partial charge in [-0.05, 0) is 48.3 Å². The van der Waals surface area contributed by atoms with Crippen LogP contribution in [0.5, 0.6) is 0 Å². The van der Waals surface area contributed by atoms with E-state index in [2.05, 4.69) is 63.2 Å². The summed E-state index contributed by atoms with van der Waals surface area (Å²) in [5.74, 6) is 0.959. The first-order chi connectivity index (χ1) is 14.3. The molecular formula is C25H33N3O2S. The van der Waals surface area contributed by atoms with Gasteiger partial charge in [-0.2, -0.15) is 5.11 Å². The molecule has 0 radical (unpaired) electrons. The predicted molar refractivity (Wildman–Crippen MR) is 124 cm³/mol. The number of nitrogens with one attached hydrogen (secondary N) is 1. The first kappa shape index (κ1) is 22.1. The number of rotatable bonds is 3. The molecular weight excluding hydrogens is 406 g/mol.